The molecule has 6 nitrogen and oxygen atoms in total. The molecule has 0 aliphatic heterocycles. The lowest BCUT2D eigenvalue weighted by Gasteiger charge is -2.22. The number of rotatable bonds is 6. The summed E-state index contributed by atoms with van der Waals surface area (Å²) in [7, 11) is 0. The van der Waals surface area contributed by atoms with E-state index in [0.717, 1.165) is 0 Å². The van der Waals surface area contributed by atoms with E-state index in [0.29, 0.717) is 16.4 Å². The van der Waals surface area contributed by atoms with Crippen LogP contribution in [0.4, 0.5) is 5.69 Å². The second-order valence-electron chi connectivity index (χ2n) is 4.34. The zero-order valence-corrected chi connectivity index (χ0v) is 12.1. The first-order valence-electron chi connectivity index (χ1n) is 5.74. The standard InChI is InChI=1S/C13H15ClN2O4/c1-9(12(18)20-13(2,3)19-8-17)6-15-10-4-5-11(14)16-7-10/h4-8,15H,1-3H3/b9-6+. The van der Waals surface area contributed by atoms with Crippen molar-refractivity contribution >= 4 is 29.7 Å². The Labute approximate surface area is 121 Å². The number of halogens is 1. The Bertz CT molecular complexity index is 512. The second kappa shape index (κ2) is 6.91. The number of ether oxygens (including phenoxy) is 2. The molecular formula is C13H15ClN2O4. The molecule has 0 aromatic carbocycles. The summed E-state index contributed by atoms with van der Waals surface area (Å²) in [6, 6.07) is 3.33. The van der Waals surface area contributed by atoms with Crippen molar-refractivity contribution in [3.05, 3.63) is 35.3 Å². The van der Waals surface area contributed by atoms with Gasteiger partial charge < -0.3 is 14.8 Å². The summed E-state index contributed by atoms with van der Waals surface area (Å²) in [6.07, 6.45) is 2.99. The summed E-state index contributed by atoms with van der Waals surface area (Å²) in [5, 5.41) is 3.25. The predicted molar refractivity (Wildman–Crippen MR) is 73.9 cm³/mol. The number of anilines is 1. The van der Waals surface area contributed by atoms with Gasteiger partial charge in [0, 0.05) is 20.0 Å². The van der Waals surface area contributed by atoms with E-state index < -0.39 is 11.8 Å². The lowest BCUT2D eigenvalue weighted by Crippen LogP contribution is -2.31. The third kappa shape index (κ3) is 5.27. The van der Waals surface area contributed by atoms with Crippen molar-refractivity contribution in [1.29, 1.82) is 0 Å². The van der Waals surface area contributed by atoms with Crippen LogP contribution in [-0.2, 0) is 19.1 Å². The number of nitrogens with zero attached hydrogens (tertiary/aromatic N) is 1. The summed E-state index contributed by atoms with van der Waals surface area (Å²) < 4.78 is 9.64. The van der Waals surface area contributed by atoms with Crippen molar-refractivity contribution in [1.82, 2.24) is 4.98 Å². The Morgan fingerprint density at radius 1 is 1.45 bits per heavy atom. The van der Waals surface area contributed by atoms with Crippen molar-refractivity contribution in [3.63, 3.8) is 0 Å². The van der Waals surface area contributed by atoms with E-state index in [4.69, 9.17) is 16.3 Å². The van der Waals surface area contributed by atoms with Gasteiger partial charge in [0.1, 0.15) is 5.15 Å². The number of nitrogens with one attached hydrogen (secondary N) is 1. The number of hydrogen-bond acceptors (Lipinski definition) is 6. The first-order valence-corrected chi connectivity index (χ1v) is 6.11. The molecule has 1 aromatic rings. The molecule has 1 aromatic heterocycles. The molecule has 0 unspecified atom stereocenters. The molecule has 1 N–H and O–H groups in total. The lowest BCUT2D eigenvalue weighted by atomic mass is 10.3. The quantitative estimate of drug-likeness (QED) is 0.286. The summed E-state index contributed by atoms with van der Waals surface area (Å²) in [4.78, 5) is 25.9. The first kappa shape index (κ1) is 16.0. The molecule has 0 saturated heterocycles. The largest absolute Gasteiger partial charge is 0.425 e. The molecule has 0 aliphatic carbocycles. The van der Waals surface area contributed by atoms with Crippen LogP contribution in [0.1, 0.15) is 20.8 Å². The SMILES string of the molecule is C/C(=C\Nc1ccc(Cl)nc1)C(=O)OC(C)(C)OC=O. The Hall–Kier alpha value is -2.08. The third-order valence-corrected chi connectivity index (χ3v) is 2.40. The van der Waals surface area contributed by atoms with E-state index in [9.17, 15) is 9.59 Å². The van der Waals surface area contributed by atoms with E-state index in [2.05, 4.69) is 15.0 Å². The van der Waals surface area contributed by atoms with Crippen LogP contribution < -0.4 is 5.32 Å². The third-order valence-electron chi connectivity index (χ3n) is 2.18. The number of aromatic nitrogens is 1. The van der Waals surface area contributed by atoms with Crippen LogP contribution in [0.15, 0.2) is 30.1 Å². The molecular weight excluding hydrogens is 284 g/mol. The van der Waals surface area contributed by atoms with Crippen molar-refractivity contribution in [2.24, 2.45) is 0 Å². The summed E-state index contributed by atoms with van der Waals surface area (Å²) in [6.45, 7) is 4.71. The molecule has 0 radical (unpaired) electrons. The van der Waals surface area contributed by atoms with Gasteiger partial charge in [-0.3, -0.25) is 4.79 Å². The highest BCUT2D eigenvalue weighted by atomic mass is 35.5. The summed E-state index contributed by atoms with van der Waals surface area (Å²) >= 11 is 5.66. The van der Waals surface area contributed by atoms with Gasteiger partial charge in [0.25, 0.3) is 12.3 Å². The molecule has 108 valence electrons. The Morgan fingerprint density at radius 2 is 2.15 bits per heavy atom. The maximum atomic E-state index is 11.7. The maximum absolute atomic E-state index is 11.7. The van der Waals surface area contributed by atoms with Gasteiger partial charge >= 0.3 is 5.97 Å². The fourth-order valence-electron chi connectivity index (χ4n) is 1.16. The van der Waals surface area contributed by atoms with Gasteiger partial charge in [-0.15, -0.1) is 0 Å². The van der Waals surface area contributed by atoms with Crippen LogP contribution in [0, 0.1) is 0 Å². The van der Waals surface area contributed by atoms with Crippen LogP contribution >= 0.6 is 11.6 Å². The fourth-order valence-corrected chi connectivity index (χ4v) is 1.27. The zero-order chi connectivity index (χ0) is 15.2. The average molecular weight is 299 g/mol. The van der Waals surface area contributed by atoms with E-state index in [1.165, 1.54) is 26.2 Å². The maximum Gasteiger partial charge on any atom is 0.338 e. The van der Waals surface area contributed by atoms with Gasteiger partial charge in [0.15, 0.2) is 0 Å². The van der Waals surface area contributed by atoms with Gasteiger partial charge in [0.2, 0.25) is 0 Å². The van der Waals surface area contributed by atoms with Crippen molar-refractivity contribution in [2.45, 2.75) is 26.6 Å². The predicted octanol–water partition coefficient (Wildman–Crippen LogP) is 2.50. The van der Waals surface area contributed by atoms with E-state index in [1.54, 1.807) is 19.1 Å². The summed E-state index contributed by atoms with van der Waals surface area (Å²) in [5.74, 6) is -1.92. The van der Waals surface area contributed by atoms with E-state index in [1.807, 2.05) is 0 Å². The van der Waals surface area contributed by atoms with Crippen molar-refractivity contribution in [3.8, 4) is 0 Å². The molecule has 7 heteroatoms. The van der Waals surface area contributed by atoms with E-state index in [-0.39, 0.29) is 6.47 Å². The molecule has 1 heterocycles. The van der Waals surface area contributed by atoms with Gasteiger partial charge in [-0.25, -0.2) is 9.78 Å². The highest BCUT2D eigenvalue weighted by Crippen LogP contribution is 2.14. The number of esters is 1. The minimum absolute atomic E-state index is 0.226. The zero-order valence-electron chi connectivity index (χ0n) is 11.3. The highest BCUT2D eigenvalue weighted by Gasteiger charge is 2.24. The molecule has 0 bridgehead atoms. The molecule has 20 heavy (non-hydrogen) atoms. The smallest absolute Gasteiger partial charge is 0.338 e. The number of hydrogen-bond donors (Lipinski definition) is 1. The van der Waals surface area contributed by atoms with Crippen LogP contribution in [0.25, 0.3) is 0 Å². The molecule has 0 saturated carbocycles. The normalized spacial score (nSPS) is 11.7. The monoisotopic (exact) mass is 298 g/mol. The first-order chi connectivity index (χ1) is 9.34. The second-order valence-corrected chi connectivity index (χ2v) is 4.73. The Kier molecular flexibility index (Phi) is 5.52. The van der Waals surface area contributed by atoms with Gasteiger partial charge in [0.05, 0.1) is 17.5 Å². The highest BCUT2D eigenvalue weighted by molar-refractivity contribution is 6.29. The van der Waals surface area contributed by atoms with Crippen LogP contribution in [-0.4, -0.2) is 23.2 Å². The van der Waals surface area contributed by atoms with E-state index >= 15 is 0 Å². The van der Waals surface area contributed by atoms with Gasteiger partial charge in [-0.2, -0.15) is 0 Å². The van der Waals surface area contributed by atoms with Gasteiger partial charge in [-0.05, 0) is 19.1 Å². The minimum Gasteiger partial charge on any atom is -0.425 e. The van der Waals surface area contributed by atoms with Crippen LogP contribution in [0.2, 0.25) is 5.15 Å². The fraction of sp³-hybridized carbons (Fsp3) is 0.308. The number of carbonyl (C=O) groups excluding carboxylic acids is 2. The summed E-state index contributed by atoms with van der Waals surface area (Å²) in [5.41, 5.74) is 0.979. The molecule has 0 amide bonds. The lowest BCUT2D eigenvalue weighted by molar-refractivity contribution is -0.204. The molecule has 1 rings (SSSR count). The number of pyridine rings is 1. The topological polar surface area (TPSA) is 77.5 Å². The van der Waals surface area contributed by atoms with Crippen LogP contribution in [0.3, 0.4) is 0 Å². The molecule has 0 spiro atoms. The van der Waals surface area contributed by atoms with Crippen molar-refractivity contribution < 1.29 is 19.1 Å². The average Bonchev–Trinajstić information content (AvgIpc) is 2.37. The Balaban J connectivity index is 2.62. The van der Waals surface area contributed by atoms with Crippen LogP contribution in [0.5, 0.6) is 0 Å². The molecule has 0 fully saturated rings. The van der Waals surface area contributed by atoms with Gasteiger partial charge in [-0.1, -0.05) is 11.6 Å². The minimum atomic E-state index is -1.31. The van der Waals surface area contributed by atoms with Crippen molar-refractivity contribution in [2.75, 3.05) is 5.32 Å². The Morgan fingerprint density at radius 3 is 2.70 bits per heavy atom. The number of carbonyl (C=O) groups is 2. The molecule has 0 atom stereocenters. The molecule has 0 aliphatic rings.